The Morgan fingerprint density at radius 2 is 1.97 bits per heavy atom. The van der Waals surface area contributed by atoms with Gasteiger partial charge in [0.2, 0.25) is 0 Å². The zero-order valence-corrected chi connectivity index (χ0v) is 18.0. The molecular weight excluding hydrogens is 397 g/mol. The molecule has 8 nitrogen and oxygen atoms in total. The highest BCUT2D eigenvalue weighted by molar-refractivity contribution is 7.96. The highest BCUT2D eigenvalue weighted by atomic mass is 32.2. The largest absolute Gasteiger partial charge is 0.423 e. The van der Waals surface area contributed by atoms with E-state index in [1.807, 2.05) is 0 Å². The average Bonchev–Trinajstić information content (AvgIpc) is 2.61. The second-order valence-electron chi connectivity index (χ2n) is 8.85. The highest BCUT2D eigenvalue weighted by Crippen LogP contribution is 2.47. The summed E-state index contributed by atoms with van der Waals surface area (Å²) < 4.78 is 38.2. The number of carbonyl (C=O) groups is 1. The molecule has 0 saturated carbocycles. The predicted octanol–water partition coefficient (Wildman–Crippen LogP) is 3.14. The molecule has 1 unspecified atom stereocenters. The van der Waals surface area contributed by atoms with Gasteiger partial charge in [-0.25, -0.2) is 22.7 Å². The van der Waals surface area contributed by atoms with E-state index in [4.69, 9.17) is 9.73 Å². The average molecular weight is 424 g/mol. The molecule has 1 aromatic heterocycles. The van der Waals surface area contributed by atoms with Crippen molar-refractivity contribution in [1.29, 1.82) is 0 Å². The van der Waals surface area contributed by atoms with Gasteiger partial charge >= 0.3 is 6.09 Å². The van der Waals surface area contributed by atoms with Crippen LogP contribution in [0.4, 0.5) is 15.0 Å². The first kappa shape index (κ1) is 20.1. The normalized spacial score (nSPS) is 34.8. The Morgan fingerprint density at radius 1 is 1.24 bits per heavy atom. The fourth-order valence-electron chi connectivity index (χ4n) is 4.35. The minimum Gasteiger partial charge on any atom is -0.423 e. The van der Waals surface area contributed by atoms with Crippen molar-refractivity contribution in [1.82, 2.24) is 10.3 Å². The van der Waals surface area contributed by atoms with E-state index in [0.29, 0.717) is 18.8 Å². The number of aliphatic imine (C=N–C) groups is 1. The van der Waals surface area contributed by atoms with Gasteiger partial charge in [0.15, 0.2) is 5.72 Å². The molecule has 1 aromatic rings. The lowest BCUT2D eigenvalue weighted by molar-refractivity contribution is 0.0623. The van der Waals surface area contributed by atoms with Crippen LogP contribution in [0, 0.1) is 5.82 Å². The van der Waals surface area contributed by atoms with E-state index in [9.17, 15) is 9.00 Å². The third kappa shape index (κ3) is 2.91. The summed E-state index contributed by atoms with van der Waals surface area (Å²) in [6.07, 6.45) is 0.568. The SMILES string of the molecule is CC1(C)Nc2ccc(F)c(n2)[C@@]2(C)N=C(NC(=O)O1)C(C)(C)S1(=O)=NCCC[C@H]21. The van der Waals surface area contributed by atoms with Crippen molar-refractivity contribution in [3.63, 3.8) is 0 Å². The standard InChI is InChI=1S/C19H26FN5O3S/c1-17(2)15-23-16(26)28-18(3,4)24-13-9-8-11(20)14(22-13)19(5,25-15)12-7-6-10-21-29(12,17)27/h8-9,12H,6-7,10H2,1-5H3,(H,22,24)(H,23,25,26)/t12-,19+,29?/m1/s1. The summed E-state index contributed by atoms with van der Waals surface area (Å²) in [5.74, 6) is -0.0400. The van der Waals surface area contributed by atoms with E-state index >= 15 is 4.39 Å². The van der Waals surface area contributed by atoms with Crippen LogP contribution >= 0.6 is 0 Å². The van der Waals surface area contributed by atoms with Gasteiger partial charge in [0.05, 0.1) is 15.0 Å². The minimum absolute atomic E-state index is 0.0808. The number of rotatable bonds is 0. The molecule has 4 bridgehead atoms. The number of alkyl carbamates (subject to hydrolysis) is 1. The molecule has 10 heteroatoms. The van der Waals surface area contributed by atoms with Gasteiger partial charge in [0.25, 0.3) is 0 Å². The monoisotopic (exact) mass is 423 g/mol. The number of hydrogen-bond donors (Lipinski definition) is 2. The number of cyclic esters (lactones) is 1. The molecule has 0 fully saturated rings. The molecule has 4 rings (SSSR count). The second-order valence-corrected chi connectivity index (χ2v) is 11.8. The van der Waals surface area contributed by atoms with E-state index in [2.05, 4.69) is 20.0 Å². The summed E-state index contributed by atoms with van der Waals surface area (Å²) in [6.45, 7) is 8.99. The van der Waals surface area contributed by atoms with Crippen LogP contribution in [0.15, 0.2) is 21.5 Å². The smallest absolute Gasteiger partial charge is 0.414 e. The van der Waals surface area contributed by atoms with E-state index in [-0.39, 0.29) is 11.5 Å². The van der Waals surface area contributed by atoms with Crippen LogP contribution in [-0.2, 0) is 20.0 Å². The van der Waals surface area contributed by atoms with Crippen LogP contribution in [0.1, 0.15) is 53.2 Å². The van der Waals surface area contributed by atoms with E-state index in [1.165, 1.54) is 12.1 Å². The molecule has 0 aromatic carbocycles. The van der Waals surface area contributed by atoms with E-state index < -0.39 is 42.9 Å². The number of fused-ring (bicyclic) bond motifs is 6. The summed E-state index contributed by atoms with van der Waals surface area (Å²) in [6, 6.07) is 2.78. The van der Waals surface area contributed by atoms with Crippen LogP contribution in [0.25, 0.3) is 0 Å². The van der Waals surface area contributed by atoms with E-state index in [0.717, 1.165) is 6.42 Å². The summed E-state index contributed by atoms with van der Waals surface area (Å²) in [5.41, 5.74) is -2.29. The Kier molecular flexibility index (Phi) is 4.24. The lowest BCUT2D eigenvalue weighted by Crippen LogP contribution is -2.62. The second kappa shape index (κ2) is 6.13. The van der Waals surface area contributed by atoms with E-state index in [1.54, 1.807) is 34.6 Å². The van der Waals surface area contributed by atoms with Gasteiger partial charge in [-0.3, -0.25) is 10.3 Å². The lowest BCUT2D eigenvalue weighted by atomic mass is 9.89. The summed E-state index contributed by atoms with van der Waals surface area (Å²) in [7, 11) is -2.91. The number of nitrogens with one attached hydrogen (secondary N) is 2. The zero-order valence-electron chi connectivity index (χ0n) is 17.2. The number of pyridine rings is 1. The van der Waals surface area contributed by atoms with Gasteiger partial charge in [0, 0.05) is 6.54 Å². The Bertz CT molecular complexity index is 1040. The van der Waals surface area contributed by atoms with Crippen LogP contribution in [0.5, 0.6) is 0 Å². The maximum atomic E-state index is 15.0. The molecule has 0 radical (unpaired) electrons. The molecule has 2 N–H and O–H groups in total. The number of amides is 1. The molecule has 4 heterocycles. The molecule has 0 spiro atoms. The molecule has 3 aliphatic heterocycles. The number of carbonyl (C=O) groups excluding carboxylic acids is 1. The fourth-order valence-corrected chi connectivity index (χ4v) is 7.61. The molecule has 29 heavy (non-hydrogen) atoms. The number of aromatic nitrogens is 1. The quantitative estimate of drug-likeness (QED) is 0.667. The summed E-state index contributed by atoms with van der Waals surface area (Å²) >= 11 is 0. The maximum absolute atomic E-state index is 15.0. The molecule has 3 aliphatic rings. The lowest BCUT2D eigenvalue weighted by Gasteiger charge is -2.48. The van der Waals surface area contributed by atoms with Gasteiger partial charge in [-0.15, -0.1) is 0 Å². The van der Waals surface area contributed by atoms with Gasteiger partial charge < -0.3 is 10.1 Å². The van der Waals surface area contributed by atoms with Crippen LogP contribution < -0.4 is 10.6 Å². The first-order valence-electron chi connectivity index (χ1n) is 9.66. The van der Waals surface area contributed by atoms with Crippen LogP contribution in [0.2, 0.25) is 0 Å². The number of hydrogen-bond acceptors (Lipinski definition) is 7. The molecule has 158 valence electrons. The van der Waals surface area contributed by atoms with Crippen molar-refractivity contribution in [2.75, 3.05) is 11.9 Å². The predicted molar refractivity (Wildman–Crippen MR) is 109 cm³/mol. The van der Waals surface area contributed by atoms with Crippen molar-refractivity contribution >= 4 is 27.5 Å². The van der Waals surface area contributed by atoms with Crippen molar-refractivity contribution < 1.29 is 18.1 Å². The first-order valence-corrected chi connectivity index (χ1v) is 11.2. The van der Waals surface area contributed by atoms with Crippen LogP contribution in [-0.4, -0.2) is 43.4 Å². The van der Waals surface area contributed by atoms with Crippen molar-refractivity contribution in [2.24, 2.45) is 9.36 Å². The third-order valence-electron chi connectivity index (χ3n) is 5.89. The Labute approximate surface area is 169 Å². The number of halogens is 1. The Hall–Kier alpha value is -2.23. The summed E-state index contributed by atoms with van der Waals surface area (Å²) in [4.78, 5) is 21.9. The zero-order chi connectivity index (χ0) is 21.2. The number of nitrogens with zero attached hydrogens (tertiary/aromatic N) is 3. The first-order chi connectivity index (χ1) is 13.4. The van der Waals surface area contributed by atoms with Crippen LogP contribution in [0.3, 0.4) is 0 Å². The number of amidine groups is 1. The van der Waals surface area contributed by atoms with Gasteiger partial charge in [-0.2, -0.15) is 0 Å². The maximum Gasteiger partial charge on any atom is 0.414 e. The molecular formula is C19H26FN5O3S. The minimum atomic E-state index is -2.91. The Balaban J connectivity index is 2.05. The number of ether oxygens (including phenoxy) is 1. The van der Waals surface area contributed by atoms with Gasteiger partial charge in [0.1, 0.15) is 33.5 Å². The third-order valence-corrected chi connectivity index (χ3v) is 9.58. The molecule has 0 saturated heterocycles. The molecule has 0 aliphatic carbocycles. The van der Waals surface area contributed by atoms with Gasteiger partial charge in [-0.05, 0) is 59.6 Å². The fraction of sp³-hybridized carbons (Fsp3) is 0.632. The molecule has 1 amide bonds. The summed E-state index contributed by atoms with van der Waals surface area (Å²) in [5, 5.41) is 5.13. The number of anilines is 1. The topological polar surface area (TPSA) is 105 Å². The molecule has 3 atom stereocenters. The Morgan fingerprint density at radius 3 is 2.69 bits per heavy atom. The van der Waals surface area contributed by atoms with Crippen molar-refractivity contribution in [3.8, 4) is 0 Å². The highest BCUT2D eigenvalue weighted by Gasteiger charge is 2.57. The van der Waals surface area contributed by atoms with Crippen molar-refractivity contribution in [2.45, 2.75) is 68.7 Å². The van der Waals surface area contributed by atoms with Crippen molar-refractivity contribution in [3.05, 3.63) is 23.6 Å². The van der Waals surface area contributed by atoms with Gasteiger partial charge in [-0.1, -0.05) is 0 Å².